The summed E-state index contributed by atoms with van der Waals surface area (Å²) in [5.74, 6) is 0. The Morgan fingerprint density at radius 3 is 1.44 bits per heavy atom. The lowest BCUT2D eigenvalue weighted by Gasteiger charge is -2.39. The van der Waals surface area contributed by atoms with Crippen LogP contribution in [-0.2, 0) is 9.47 Å². The first kappa shape index (κ1) is 11.0. The van der Waals surface area contributed by atoms with Gasteiger partial charge in [0, 0.05) is 39.4 Å². The first-order valence-corrected chi connectivity index (χ1v) is 6.65. The molecule has 3 aliphatic rings. The van der Waals surface area contributed by atoms with Gasteiger partial charge in [-0.1, -0.05) is 0 Å². The third-order valence-corrected chi connectivity index (χ3v) is 3.97. The zero-order chi connectivity index (χ0) is 10.8. The molecule has 0 aromatic carbocycles. The number of rotatable bonds is 2. The minimum atomic E-state index is 0.409. The Morgan fingerprint density at radius 2 is 1.12 bits per heavy atom. The van der Waals surface area contributed by atoms with Crippen molar-refractivity contribution in [3.8, 4) is 0 Å². The van der Waals surface area contributed by atoms with Crippen LogP contribution < -0.4 is 0 Å². The van der Waals surface area contributed by atoms with Gasteiger partial charge in [0.05, 0.1) is 0 Å². The molecule has 2 atom stereocenters. The van der Waals surface area contributed by atoms with Gasteiger partial charge in [-0.3, -0.25) is 9.80 Å². The molecular weight excluding hydrogens is 204 g/mol. The summed E-state index contributed by atoms with van der Waals surface area (Å²) in [4.78, 5) is 5.00. The van der Waals surface area contributed by atoms with Crippen LogP contribution in [0.3, 0.4) is 0 Å². The molecule has 3 saturated heterocycles. The second-order valence-corrected chi connectivity index (χ2v) is 5.01. The Morgan fingerprint density at radius 1 is 0.688 bits per heavy atom. The van der Waals surface area contributed by atoms with Crippen molar-refractivity contribution in [1.29, 1.82) is 0 Å². The normalized spacial score (nSPS) is 38.2. The van der Waals surface area contributed by atoms with Crippen molar-refractivity contribution >= 4 is 0 Å². The molecule has 16 heavy (non-hydrogen) atoms. The number of ether oxygens (including phenoxy) is 2. The van der Waals surface area contributed by atoms with Crippen molar-refractivity contribution in [3.05, 3.63) is 0 Å². The van der Waals surface area contributed by atoms with Crippen LogP contribution in [0.15, 0.2) is 0 Å². The van der Waals surface area contributed by atoms with E-state index in [0.29, 0.717) is 12.5 Å². The predicted octanol–water partition coefficient (Wildman–Crippen LogP) is 0.877. The molecule has 92 valence electrons. The first-order chi connectivity index (χ1) is 7.93. The highest BCUT2D eigenvalue weighted by atomic mass is 16.5. The second kappa shape index (κ2) is 5.00. The molecule has 4 heteroatoms. The summed E-state index contributed by atoms with van der Waals surface area (Å²) in [5.41, 5.74) is 0. The third-order valence-electron chi connectivity index (χ3n) is 3.97. The maximum atomic E-state index is 5.73. The predicted molar refractivity (Wildman–Crippen MR) is 61.1 cm³/mol. The molecule has 0 aromatic rings. The fourth-order valence-electron chi connectivity index (χ4n) is 3.01. The second-order valence-electron chi connectivity index (χ2n) is 5.01. The zero-order valence-corrected chi connectivity index (χ0v) is 9.94. The lowest BCUT2D eigenvalue weighted by molar-refractivity contribution is -0.0822. The largest absolute Gasteiger partial charge is 0.363 e. The summed E-state index contributed by atoms with van der Waals surface area (Å²) in [7, 11) is 0. The maximum absolute atomic E-state index is 5.73. The fraction of sp³-hybridized carbons (Fsp3) is 1.00. The van der Waals surface area contributed by atoms with Gasteiger partial charge in [0.15, 0.2) is 0 Å². The van der Waals surface area contributed by atoms with Crippen molar-refractivity contribution in [3.63, 3.8) is 0 Å². The van der Waals surface area contributed by atoms with E-state index in [2.05, 4.69) is 9.80 Å². The average molecular weight is 226 g/mol. The molecule has 3 heterocycles. The number of hydrogen-bond acceptors (Lipinski definition) is 4. The summed E-state index contributed by atoms with van der Waals surface area (Å²) in [6.45, 7) is 6.48. The van der Waals surface area contributed by atoms with E-state index in [1.807, 2.05) is 0 Å². The van der Waals surface area contributed by atoms with Gasteiger partial charge < -0.3 is 9.47 Å². The van der Waals surface area contributed by atoms with E-state index in [9.17, 15) is 0 Å². The number of piperazine rings is 1. The van der Waals surface area contributed by atoms with Crippen LogP contribution in [0.4, 0.5) is 0 Å². The molecule has 3 rings (SSSR count). The van der Waals surface area contributed by atoms with E-state index < -0.39 is 0 Å². The molecule has 0 saturated carbocycles. The first-order valence-electron chi connectivity index (χ1n) is 6.65. The quantitative estimate of drug-likeness (QED) is 0.698. The lowest BCUT2D eigenvalue weighted by atomic mass is 10.2. The van der Waals surface area contributed by atoms with Gasteiger partial charge in [-0.05, 0) is 25.7 Å². The van der Waals surface area contributed by atoms with Crippen LogP contribution in [0.25, 0.3) is 0 Å². The van der Waals surface area contributed by atoms with E-state index in [4.69, 9.17) is 9.47 Å². The Kier molecular flexibility index (Phi) is 3.43. The minimum absolute atomic E-state index is 0.409. The molecular formula is C12H22N2O2. The van der Waals surface area contributed by atoms with Crippen molar-refractivity contribution in [2.45, 2.75) is 38.1 Å². The Bertz CT molecular complexity index is 193. The van der Waals surface area contributed by atoms with E-state index in [-0.39, 0.29) is 0 Å². The Labute approximate surface area is 97.5 Å². The maximum Gasteiger partial charge on any atom is 0.110 e. The lowest BCUT2D eigenvalue weighted by Crippen LogP contribution is -2.52. The van der Waals surface area contributed by atoms with Gasteiger partial charge in [0.2, 0.25) is 0 Å². The van der Waals surface area contributed by atoms with Gasteiger partial charge in [-0.2, -0.15) is 0 Å². The van der Waals surface area contributed by atoms with Crippen LogP contribution in [0.2, 0.25) is 0 Å². The van der Waals surface area contributed by atoms with Gasteiger partial charge in [-0.15, -0.1) is 0 Å². The number of nitrogens with zero attached hydrogens (tertiary/aromatic N) is 2. The highest BCUT2D eigenvalue weighted by Gasteiger charge is 2.30. The summed E-state index contributed by atoms with van der Waals surface area (Å²) >= 11 is 0. The van der Waals surface area contributed by atoms with Crippen LogP contribution in [0, 0.1) is 0 Å². The molecule has 3 aliphatic heterocycles. The van der Waals surface area contributed by atoms with E-state index in [0.717, 1.165) is 39.4 Å². The zero-order valence-electron chi connectivity index (χ0n) is 9.94. The molecule has 0 aromatic heterocycles. The van der Waals surface area contributed by atoms with Crippen LogP contribution in [-0.4, -0.2) is 61.6 Å². The highest BCUT2D eigenvalue weighted by molar-refractivity contribution is 4.79. The average Bonchev–Trinajstić information content (AvgIpc) is 3.03. The van der Waals surface area contributed by atoms with Crippen molar-refractivity contribution in [2.75, 3.05) is 39.4 Å². The monoisotopic (exact) mass is 226 g/mol. The minimum Gasteiger partial charge on any atom is -0.363 e. The van der Waals surface area contributed by atoms with Crippen LogP contribution in [0.5, 0.6) is 0 Å². The number of hydrogen-bond donors (Lipinski definition) is 0. The molecule has 2 unspecified atom stereocenters. The van der Waals surface area contributed by atoms with Crippen molar-refractivity contribution in [2.24, 2.45) is 0 Å². The van der Waals surface area contributed by atoms with Gasteiger partial charge in [0.25, 0.3) is 0 Å². The molecule has 0 bridgehead atoms. The van der Waals surface area contributed by atoms with Crippen LogP contribution in [0.1, 0.15) is 25.7 Å². The molecule has 3 fully saturated rings. The Balaban J connectivity index is 1.47. The molecule has 0 spiro atoms. The SMILES string of the molecule is C1COC(N2CCN(C3CCCO3)CC2)C1. The molecule has 0 radical (unpaired) electrons. The van der Waals surface area contributed by atoms with Crippen LogP contribution >= 0.6 is 0 Å². The van der Waals surface area contributed by atoms with E-state index in [1.54, 1.807) is 0 Å². The topological polar surface area (TPSA) is 24.9 Å². The molecule has 0 amide bonds. The van der Waals surface area contributed by atoms with Gasteiger partial charge in [-0.25, -0.2) is 0 Å². The van der Waals surface area contributed by atoms with E-state index >= 15 is 0 Å². The van der Waals surface area contributed by atoms with Crippen molar-refractivity contribution < 1.29 is 9.47 Å². The molecule has 4 nitrogen and oxygen atoms in total. The Hall–Kier alpha value is -0.160. The summed E-state index contributed by atoms with van der Waals surface area (Å²) < 4.78 is 11.5. The van der Waals surface area contributed by atoms with E-state index in [1.165, 1.54) is 25.7 Å². The third kappa shape index (κ3) is 2.25. The van der Waals surface area contributed by atoms with Gasteiger partial charge >= 0.3 is 0 Å². The smallest absolute Gasteiger partial charge is 0.110 e. The summed E-state index contributed by atoms with van der Waals surface area (Å²) in [5, 5.41) is 0. The van der Waals surface area contributed by atoms with Crippen molar-refractivity contribution in [1.82, 2.24) is 9.80 Å². The highest BCUT2D eigenvalue weighted by Crippen LogP contribution is 2.21. The fourth-order valence-corrected chi connectivity index (χ4v) is 3.01. The molecule has 0 N–H and O–H groups in total. The molecule has 0 aliphatic carbocycles. The summed E-state index contributed by atoms with van der Waals surface area (Å²) in [6, 6.07) is 0. The van der Waals surface area contributed by atoms with Gasteiger partial charge in [0.1, 0.15) is 12.5 Å². The summed E-state index contributed by atoms with van der Waals surface area (Å²) in [6.07, 6.45) is 5.73. The standard InChI is InChI=1S/C12H22N2O2/c1-3-11(15-9-1)13-5-7-14(8-6-13)12-4-2-10-16-12/h11-12H,1-10H2.